The van der Waals surface area contributed by atoms with E-state index in [1.54, 1.807) is 64.5 Å². The molecule has 2 aromatic rings. The summed E-state index contributed by atoms with van der Waals surface area (Å²) in [5.74, 6) is 1.99. The molecule has 9 heteroatoms. The predicted molar refractivity (Wildman–Crippen MR) is 114 cm³/mol. The van der Waals surface area contributed by atoms with Gasteiger partial charge in [0, 0.05) is 25.6 Å². The van der Waals surface area contributed by atoms with Gasteiger partial charge in [0.05, 0.1) is 14.2 Å². The summed E-state index contributed by atoms with van der Waals surface area (Å²) < 4.78 is 32.6. The molecule has 0 saturated heterocycles. The Labute approximate surface area is 192 Å². The fourth-order valence-electron chi connectivity index (χ4n) is 2.50. The zero-order valence-electron chi connectivity index (χ0n) is 19.5. The van der Waals surface area contributed by atoms with Gasteiger partial charge in [0.1, 0.15) is 28.6 Å². The summed E-state index contributed by atoms with van der Waals surface area (Å²) >= 11 is 0. The summed E-state index contributed by atoms with van der Waals surface area (Å²) in [5.41, 5.74) is 0.267. The molecule has 3 unspecified atom stereocenters. The van der Waals surface area contributed by atoms with E-state index in [0.29, 0.717) is 33.9 Å². The molecule has 160 valence electrons. The number of hydrogen-bond donors (Lipinski definition) is 0. The van der Waals surface area contributed by atoms with Gasteiger partial charge < -0.3 is 29.8 Å². The molecule has 0 amide bonds. The predicted octanol–water partition coefficient (Wildman–Crippen LogP) is 0.707. The molecule has 30 heavy (non-hydrogen) atoms. The van der Waals surface area contributed by atoms with E-state index in [0.717, 1.165) is 0 Å². The quantitative estimate of drug-likeness (QED) is 0.295. The summed E-state index contributed by atoms with van der Waals surface area (Å²) in [6.07, 6.45) is -0.917. The number of carbonyl (C=O) groups excluding carboxylic acids is 1. The Hall–Kier alpha value is -1.74. The fraction of sp³-hybridized carbons (Fsp3) is 0.381. The van der Waals surface area contributed by atoms with Crippen LogP contribution in [0, 0.1) is 0 Å². The minimum absolute atomic E-state index is 0. The van der Waals surface area contributed by atoms with E-state index < -0.39 is 12.6 Å². The van der Waals surface area contributed by atoms with Gasteiger partial charge in [-0.3, -0.25) is 4.79 Å². The standard InChI is InChI=1S/C21H27O7P.Li.H/c1-13(23-3)27-15-10-11-19(18(12-15)28-14(2)24-4)29-21(22)20-16(25-5)8-7-9-17(20)26-6;;/h7-14,29H,1-6H3;;/q;+1;-1. The molecule has 0 fully saturated rings. The molecule has 0 heterocycles. The Balaban J connectivity index is 0.00000450. The zero-order chi connectivity index (χ0) is 21.4. The molecule has 0 bridgehead atoms. The van der Waals surface area contributed by atoms with Gasteiger partial charge in [0.15, 0.2) is 18.1 Å². The first-order chi connectivity index (χ1) is 13.9. The van der Waals surface area contributed by atoms with Crippen molar-refractivity contribution in [3.8, 4) is 23.0 Å². The van der Waals surface area contributed by atoms with Crippen LogP contribution in [-0.4, -0.2) is 46.5 Å². The number of carbonyl (C=O) groups is 1. The van der Waals surface area contributed by atoms with Crippen molar-refractivity contribution in [2.75, 3.05) is 28.4 Å². The van der Waals surface area contributed by atoms with E-state index in [1.165, 1.54) is 14.2 Å². The Kier molecular flexibility index (Phi) is 11.3. The SMILES string of the molecule is COc1cccc(OC)c1C(=O)Pc1ccc(OC(C)OC)cc1OC(C)OC.[H-].[Li+]. The third-order valence-electron chi connectivity index (χ3n) is 4.11. The van der Waals surface area contributed by atoms with Crippen LogP contribution in [0.4, 0.5) is 0 Å². The molecule has 0 aromatic heterocycles. The maximum Gasteiger partial charge on any atom is 1.00 e. The van der Waals surface area contributed by atoms with Crippen molar-refractivity contribution in [1.29, 1.82) is 0 Å². The minimum Gasteiger partial charge on any atom is -1.00 e. The van der Waals surface area contributed by atoms with E-state index in [9.17, 15) is 4.79 Å². The van der Waals surface area contributed by atoms with E-state index in [-0.39, 0.29) is 34.4 Å². The second kappa shape index (κ2) is 12.8. The van der Waals surface area contributed by atoms with Crippen molar-refractivity contribution in [1.82, 2.24) is 0 Å². The van der Waals surface area contributed by atoms with Crippen molar-refractivity contribution < 1.29 is 53.5 Å². The summed E-state index contributed by atoms with van der Waals surface area (Å²) in [4.78, 5) is 13.1. The average Bonchev–Trinajstić information content (AvgIpc) is 2.74. The second-order valence-electron chi connectivity index (χ2n) is 5.99. The summed E-state index contributed by atoms with van der Waals surface area (Å²) in [7, 11) is 5.93. The van der Waals surface area contributed by atoms with E-state index in [2.05, 4.69) is 0 Å². The first kappa shape index (κ1) is 26.3. The molecule has 0 aliphatic rings. The van der Waals surface area contributed by atoms with Crippen molar-refractivity contribution in [2.24, 2.45) is 0 Å². The van der Waals surface area contributed by atoms with Crippen LogP contribution in [0.25, 0.3) is 0 Å². The van der Waals surface area contributed by atoms with Crippen LogP contribution in [-0.2, 0) is 9.47 Å². The Morgan fingerprint density at radius 1 is 0.867 bits per heavy atom. The van der Waals surface area contributed by atoms with Gasteiger partial charge >= 0.3 is 18.9 Å². The maximum absolute atomic E-state index is 13.1. The second-order valence-corrected chi connectivity index (χ2v) is 7.23. The van der Waals surface area contributed by atoms with Gasteiger partial charge in [-0.15, -0.1) is 0 Å². The topological polar surface area (TPSA) is 72.5 Å². The first-order valence-electron chi connectivity index (χ1n) is 8.98. The van der Waals surface area contributed by atoms with E-state index >= 15 is 0 Å². The van der Waals surface area contributed by atoms with E-state index in [4.69, 9.17) is 28.4 Å². The molecule has 0 spiro atoms. The third-order valence-corrected chi connectivity index (χ3v) is 5.27. The smallest absolute Gasteiger partial charge is 1.00 e. The van der Waals surface area contributed by atoms with Gasteiger partial charge in [0.25, 0.3) is 0 Å². The minimum atomic E-state index is -0.496. The van der Waals surface area contributed by atoms with Crippen LogP contribution >= 0.6 is 8.58 Å². The fourth-order valence-corrected chi connectivity index (χ4v) is 3.54. The zero-order valence-corrected chi connectivity index (χ0v) is 19.5. The van der Waals surface area contributed by atoms with Crippen LogP contribution in [0.5, 0.6) is 23.0 Å². The van der Waals surface area contributed by atoms with Crippen molar-refractivity contribution in [2.45, 2.75) is 26.4 Å². The van der Waals surface area contributed by atoms with Crippen LogP contribution in [0.3, 0.4) is 0 Å². The third kappa shape index (κ3) is 6.90. The first-order valence-corrected chi connectivity index (χ1v) is 9.98. The molecule has 0 aliphatic carbocycles. The normalized spacial score (nSPS) is 12.7. The number of methoxy groups -OCH3 is 4. The molecule has 2 aromatic carbocycles. The molecule has 0 N–H and O–H groups in total. The van der Waals surface area contributed by atoms with Crippen molar-refractivity contribution >= 4 is 19.4 Å². The Morgan fingerprint density at radius 2 is 1.43 bits per heavy atom. The van der Waals surface area contributed by atoms with Gasteiger partial charge in [0.2, 0.25) is 0 Å². The van der Waals surface area contributed by atoms with Crippen LogP contribution in [0.2, 0.25) is 0 Å². The molecule has 0 radical (unpaired) electrons. The van der Waals surface area contributed by atoms with E-state index in [1.807, 2.05) is 0 Å². The summed E-state index contributed by atoms with van der Waals surface area (Å²) in [6.45, 7) is 3.55. The summed E-state index contributed by atoms with van der Waals surface area (Å²) in [5, 5.41) is 0.712. The van der Waals surface area contributed by atoms with Gasteiger partial charge in [-0.05, 0) is 46.7 Å². The molecule has 0 saturated carbocycles. The number of benzene rings is 2. The van der Waals surface area contributed by atoms with Gasteiger partial charge in [-0.25, -0.2) is 0 Å². The molecule has 2 rings (SSSR count). The summed E-state index contributed by atoms with van der Waals surface area (Å²) in [6, 6.07) is 10.5. The average molecular weight is 430 g/mol. The largest absolute Gasteiger partial charge is 1.00 e. The van der Waals surface area contributed by atoms with Crippen LogP contribution < -0.4 is 43.1 Å². The van der Waals surface area contributed by atoms with Gasteiger partial charge in [-0.1, -0.05) is 6.07 Å². The molecular formula is C21H28LiO7P. The van der Waals surface area contributed by atoms with Gasteiger partial charge in [-0.2, -0.15) is 0 Å². The molecule has 0 aliphatic heterocycles. The molecular weight excluding hydrogens is 402 g/mol. The van der Waals surface area contributed by atoms with Crippen molar-refractivity contribution in [3.63, 3.8) is 0 Å². The monoisotopic (exact) mass is 430 g/mol. The Morgan fingerprint density at radius 3 is 1.97 bits per heavy atom. The molecule has 3 atom stereocenters. The van der Waals surface area contributed by atoms with Crippen LogP contribution in [0.15, 0.2) is 36.4 Å². The maximum atomic E-state index is 13.1. The number of rotatable bonds is 11. The molecule has 7 nitrogen and oxygen atoms in total. The number of hydrogen-bond acceptors (Lipinski definition) is 7. The van der Waals surface area contributed by atoms with Crippen molar-refractivity contribution in [3.05, 3.63) is 42.0 Å². The Bertz CT molecular complexity index is 815. The number of ether oxygens (including phenoxy) is 6. The van der Waals surface area contributed by atoms with Crippen LogP contribution in [0.1, 0.15) is 25.6 Å².